The molecule has 0 aliphatic carbocycles. The molecular weight excluding hydrogens is 298 g/mol. The smallest absolute Gasteiger partial charge is 0.335 e. The molecule has 104 valence electrons. The SMILES string of the molecule is Cc1nnc(SCC(=O)Nc2ccc(C(=O)O)cc2)s1. The van der Waals surface area contributed by atoms with Crippen LogP contribution in [0.25, 0.3) is 0 Å². The maximum atomic E-state index is 11.7. The summed E-state index contributed by atoms with van der Waals surface area (Å²) in [7, 11) is 0. The molecule has 0 atom stereocenters. The van der Waals surface area contributed by atoms with Gasteiger partial charge in [0, 0.05) is 5.69 Å². The number of rotatable bonds is 5. The second kappa shape index (κ2) is 6.49. The molecule has 8 heteroatoms. The number of carbonyl (C=O) groups excluding carboxylic acids is 1. The second-order valence-corrected chi connectivity index (χ2v) is 6.21. The zero-order valence-electron chi connectivity index (χ0n) is 10.5. The van der Waals surface area contributed by atoms with Crippen LogP contribution in [0.15, 0.2) is 28.6 Å². The van der Waals surface area contributed by atoms with Crippen molar-refractivity contribution >= 4 is 40.7 Å². The molecule has 0 fully saturated rings. The first-order valence-electron chi connectivity index (χ1n) is 5.61. The lowest BCUT2D eigenvalue weighted by molar-refractivity contribution is -0.113. The summed E-state index contributed by atoms with van der Waals surface area (Å²) in [5.74, 6) is -0.939. The van der Waals surface area contributed by atoms with Crippen molar-refractivity contribution in [2.45, 2.75) is 11.3 Å². The average Bonchev–Trinajstić information content (AvgIpc) is 2.83. The van der Waals surface area contributed by atoms with Gasteiger partial charge in [0.15, 0.2) is 4.34 Å². The minimum Gasteiger partial charge on any atom is -0.478 e. The number of nitrogens with one attached hydrogen (secondary N) is 1. The van der Waals surface area contributed by atoms with Gasteiger partial charge in [0.1, 0.15) is 5.01 Å². The Bertz CT molecular complexity index is 625. The van der Waals surface area contributed by atoms with Gasteiger partial charge in [0.25, 0.3) is 0 Å². The highest BCUT2D eigenvalue weighted by molar-refractivity contribution is 8.01. The van der Waals surface area contributed by atoms with Crippen LogP contribution in [0.2, 0.25) is 0 Å². The Balaban J connectivity index is 1.86. The molecule has 0 aliphatic heterocycles. The van der Waals surface area contributed by atoms with Crippen molar-refractivity contribution < 1.29 is 14.7 Å². The quantitative estimate of drug-likeness (QED) is 0.823. The molecule has 0 saturated heterocycles. The van der Waals surface area contributed by atoms with E-state index in [1.54, 1.807) is 12.1 Å². The standard InChI is InChI=1S/C12H11N3O3S2/c1-7-14-15-12(20-7)19-6-10(16)13-9-4-2-8(3-5-9)11(17)18/h2-5H,6H2,1H3,(H,13,16)(H,17,18). The van der Waals surface area contributed by atoms with Gasteiger partial charge in [0.05, 0.1) is 11.3 Å². The number of aryl methyl sites for hydroxylation is 1. The Morgan fingerprint density at radius 3 is 2.55 bits per heavy atom. The molecule has 1 heterocycles. The van der Waals surface area contributed by atoms with Crippen LogP contribution in [0.1, 0.15) is 15.4 Å². The van der Waals surface area contributed by atoms with E-state index < -0.39 is 5.97 Å². The van der Waals surface area contributed by atoms with E-state index in [1.165, 1.54) is 35.2 Å². The van der Waals surface area contributed by atoms with Crippen LogP contribution in [0.3, 0.4) is 0 Å². The Morgan fingerprint density at radius 1 is 1.30 bits per heavy atom. The van der Waals surface area contributed by atoms with Gasteiger partial charge in [-0.25, -0.2) is 4.79 Å². The van der Waals surface area contributed by atoms with Crippen LogP contribution in [0, 0.1) is 6.92 Å². The molecule has 1 amide bonds. The summed E-state index contributed by atoms with van der Waals surface area (Å²) in [6.45, 7) is 1.85. The Morgan fingerprint density at radius 2 is 2.00 bits per heavy atom. The van der Waals surface area contributed by atoms with Crippen molar-refractivity contribution in [3.8, 4) is 0 Å². The molecule has 2 rings (SSSR count). The molecule has 20 heavy (non-hydrogen) atoms. The number of anilines is 1. The van der Waals surface area contributed by atoms with Crippen LogP contribution in [-0.4, -0.2) is 32.9 Å². The third-order valence-electron chi connectivity index (χ3n) is 2.25. The van der Waals surface area contributed by atoms with E-state index in [0.29, 0.717) is 5.69 Å². The summed E-state index contributed by atoms with van der Waals surface area (Å²) in [6.07, 6.45) is 0. The molecule has 0 unspecified atom stereocenters. The van der Waals surface area contributed by atoms with Crippen molar-refractivity contribution in [3.63, 3.8) is 0 Å². The number of carboxylic acids is 1. The number of hydrogen-bond acceptors (Lipinski definition) is 6. The third-order valence-corrected chi connectivity index (χ3v) is 4.22. The summed E-state index contributed by atoms with van der Waals surface area (Å²) in [4.78, 5) is 22.4. The van der Waals surface area contributed by atoms with Crippen LogP contribution in [0.5, 0.6) is 0 Å². The maximum absolute atomic E-state index is 11.7. The lowest BCUT2D eigenvalue weighted by Gasteiger charge is -2.04. The zero-order chi connectivity index (χ0) is 14.5. The first-order valence-corrected chi connectivity index (χ1v) is 7.41. The number of aromatic nitrogens is 2. The molecule has 2 N–H and O–H groups in total. The molecule has 2 aromatic rings. The maximum Gasteiger partial charge on any atom is 0.335 e. The predicted octanol–water partition coefficient (Wildman–Crippen LogP) is 2.28. The summed E-state index contributed by atoms with van der Waals surface area (Å²) >= 11 is 2.75. The first kappa shape index (κ1) is 14.5. The Kier molecular flexibility index (Phi) is 4.70. The molecular formula is C12H11N3O3S2. The van der Waals surface area contributed by atoms with Gasteiger partial charge in [0.2, 0.25) is 5.91 Å². The molecule has 0 saturated carbocycles. The number of thioether (sulfide) groups is 1. The lowest BCUT2D eigenvalue weighted by atomic mass is 10.2. The van der Waals surface area contributed by atoms with Gasteiger partial charge in [-0.2, -0.15) is 0 Å². The number of nitrogens with zero attached hydrogens (tertiary/aromatic N) is 2. The van der Waals surface area contributed by atoms with E-state index in [0.717, 1.165) is 9.35 Å². The molecule has 0 aliphatic rings. The van der Waals surface area contributed by atoms with Gasteiger partial charge < -0.3 is 10.4 Å². The molecule has 0 radical (unpaired) electrons. The van der Waals surface area contributed by atoms with Crippen molar-refractivity contribution in [1.82, 2.24) is 10.2 Å². The minimum atomic E-state index is -0.995. The molecule has 1 aromatic heterocycles. The second-order valence-electron chi connectivity index (χ2n) is 3.81. The number of benzene rings is 1. The number of carbonyl (C=O) groups is 2. The third kappa shape index (κ3) is 4.04. The molecule has 6 nitrogen and oxygen atoms in total. The summed E-state index contributed by atoms with van der Waals surface area (Å²) in [5.41, 5.74) is 0.746. The summed E-state index contributed by atoms with van der Waals surface area (Å²) in [6, 6.07) is 6.00. The molecule has 0 bridgehead atoms. The lowest BCUT2D eigenvalue weighted by Crippen LogP contribution is -2.14. The monoisotopic (exact) mass is 309 g/mol. The van der Waals surface area contributed by atoms with Crippen molar-refractivity contribution in [2.75, 3.05) is 11.1 Å². The number of carboxylic acid groups (broad SMARTS) is 1. The van der Waals surface area contributed by atoms with Crippen molar-refractivity contribution in [1.29, 1.82) is 0 Å². The van der Waals surface area contributed by atoms with Crippen LogP contribution in [-0.2, 0) is 4.79 Å². The highest BCUT2D eigenvalue weighted by Gasteiger charge is 2.08. The van der Waals surface area contributed by atoms with Gasteiger partial charge >= 0.3 is 5.97 Å². The normalized spacial score (nSPS) is 10.2. The van der Waals surface area contributed by atoms with Crippen LogP contribution >= 0.6 is 23.1 Å². The number of hydrogen-bond donors (Lipinski definition) is 2. The molecule has 1 aromatic carbocycles. The zero-order valence-corrected chi connectivity index (χ0v) is 12.1. The predicted molar refractivity (Wildman–Crippen MR) is 77.4 cm³/mol. The largest absolute Gasteiger partial charge is 0.478 e. The van der Waals surface area contributed by atoms with Crippen LogP contribution in [0.4, 0.5) is 5.69 Å². The molecule has 0 spiro atoms. The summed E-state index contributed by atoms with van der Waals surface area (Å²) < 4.78 is 0.749. The topological polar surface area (TPSA) is 92.2 Å². The average molecular weight is 309 g/mol. The fraction of sp³-hybridized carbons (Fsp3) is 0.167. The summed E-state index contributed by atoms with van der Waals surface area (Å²) in [5, 5.41) is 20.1. The highest BCUT2D eigenvalue weighted by atomic mass is 32.2. The van der Waals surface area contributed by atoms with E-state index in [4.69, 9.17) is 5.11 Å². The Hall–Kier alpha value is -1.93. The van der Waals surface area contributed by atoms with Crippen LogP contribution < -0.4 is 5.32 Å². The fourth-order valence-corrected chi connectivity index (χ4v) is 2.97. The van der Waals surface area contributed by atoms with Crippen molar-refractivity contribution in [3.05, 3.63) is 34.8 Å². The van der Waals surface area contributed by atoms with E-state index in [9.17, 15) is 9.59 Å². The van der Waals surface area contributed by atoms with Gasteiger partial charge in [-0.3, -0.25) is 4.79 Å². The van der Waals surface area contributed by atoms with E-state index in [-0.39, 0.29) is 17.2 Å². The van der Waals surface area contributed by atoms with Gasteiger partial charge in [-0.15, -0.1) is 10.2 Å². The van der Waals surface area contributed by atoms with Gasteiger partial charge in [-0.1, -0.05) is 23.1 Å². The van der Waals surface area contributed by atoms with E-state index in [2.05, 4.69) is 15.5 Å². The van der Waals surface area contributed by atoms with E-state index in [1.807, 2.05) is 6.92 Å². The number of aromatic carboxylic acids is 1. The highest BCUT2D eigenvalue weighted by Crippen LogP contribution is 2.21. The first-order chi connectivity index (χ1) is 9.54. The van der Waals surface area contributed by atoms with E-state index >= 15 is 0 Å². The van der Waals surface area contributed by atoms with Crippen molar-refractivity contribution in [2.24, 2.45) is 0 Å². The fourth-order valence-electron chi connectivity index (χ4n) is 1.36. The minimum absolute atomic E-state index is 0.175. The number of amides is 1. The van der Waals surface area contributed by atoms with Gasteiger partial charge in [-0.05, 0) is 31.2 Å². The Labute approximate surface area is 123 Å².